The fourth-order valence-electron chi connectivity index (χ4n) is 2.71. The van der Waals surface area contributed by atoms with Crippen molar-refractivity contribution in [1.82, 2.24) is 15.3 Å². The predicted octanol–water partition coefficient (Wildman–Crippen LogP) is 4.00. The van der Waals surface area contributed by atoms with Crippen LogP contribution < -0.4 is 10.1 Å². The number of aromatic nitrogens is 2. The highest BCUT2D eigenvalue weighted by Crippen LogP contribution is 2.22. The van der Waals surface area contributed by atoms with E-state index in [-0.39, 0.29) is 11.9 Å². The van der Waals surface area contributed by atoms with E-state index in [1.54, 1.807) is 6.20 Å². The molecule has 0 saturated carbocycles. The molecular weight excluding hydrogens is 326 g/mol. The molecule has 2 aromatic carbocycles. The number of hydrogen-bond donors (Lipinski definition) is 1. The summed E-state index contributed by atoms with van der Waals surface area (Å²) in [6.45, 7) is 3.52. The number of carbonyl (C=O) groups excluding carboxylic acids is 1. The number of nitrogens with one attached hydrogen (secondary N) is 1. The zero-order chi connectivity index (χ0) is 18.4. The molecule has 1 unspecified atom stereocenters. The van der Waals surface area contributed by atoms with Gasteiger partial charge in [0.1, 0.15) is 5.75 Å². The van der Waals surface area contributed by atoms with Gasteiger partial charge in [-0.1, -0.05) is 42.5 Å². The van der Waals surface area contributed by atoms with E-state index in [1.165, 1.54) is 6.92 Å². The lowest BCUT2D eigenvalue weighted by Gasteiger charge is -2.12. The van der Waals surface area contributed by atoms with Crippen LogP contribution in [0, 0.1) is 0 Å². The molecule has 0 saturated heterocycles. The Morgan fingerprint density at radius 3 is 2.50 bits per heavy atom. The van der Waals surface area contributed by atoms with Crippen molar-refractivity contribution in [3.63, 3.8) is 0 Å². The van der Waals surface area contributed by atoms with Crippen LogP contribution in [0.15, 0.2) is 66.9 Å². The first-order chi connectivity index (χ1) is 12.6. The number of carbonyl (C=O) groups is 1. The van der Waals surface area contributed by atoms with E-state index in [1.807, 2.05) is 67.6 Å². The van der Waals surface area contributed by atoms with Crippen LogP contribution in [0.5, 0.6) is 11.8 Å². The summed E-state index contributed by atoms with van der Waals surface area (Å²) >= 11 is 0. The number of para-hydroxylation sites is 1. The molecule has 0 aliphatic rings. The van der Waals surface area contributed by atoms with Crippen LogP contribution in [-0.4, -0.2) is 21.9 Å². The lowest BCUT2D eigenvalue weighted by atomic mass is 10.0. The maximum absolute atomic E-state index is 11.1. The van der Waals surface area contributed by atoms with Gasteiger partial charge in [-0.25, -0.2) is 4.98 Å². The largest absolute Gasteiger partial charge is 0.424 e. The summed E-state index contributed by atoms with van der Waals surface area (Å²) in [7, 11) is 0. The molecule has 0 aliphatic carbocycles. The van der Waals surface area contributed by atoms with Crippen molar-refractivity contribution < 1.29 is 9.53 Å². The highest BCUT2D eigenvalue weighted by molar-refractivity contribution is 5.73. The van der Waals surface area contributed by atoms with Crippen LogP contribution in [0.4, 0.5) is 0 Å². The van der Waals surface area contributed by atoms with Crippen molar-refractivity contribution in [3.05, 3.63) is 72.4 Å². The number of hydrogen-bond acceptors (Lipinski definition) is 4. The van der Waals surface area contributed by atoms with Gasteiger partial charge in [0.15, 0.2) is 0 Å². The number of nitrogens with zero attached hydrogens (tertiary/aromatic N) is 2. The predicted molar refractivity (Wildman–Crippen MR) is 101 cm³/mol. The minimum Gasteiger partial charge on any atom is -0.424 e. The SMILES string of the molecule is CC(=O)NC(C)Cc1ccc(-c2ccnc(Oc3ccccc3)n2)cc1. The highest BCUT2D eigenvalue weighted by atomic mass is 16.5. The molecule has 5 heteroatoms. The van der Waals surface area contributed by atoms with Crippen molar-refractivity contribution in [2.45, 2.75) is 26.3 Å². The lowest BCUT2D eigenvalue weighted by Crippen LogP contribution is -2.31. The summed E-state index contributed by atoms with van der Waals surface area (Å²) < 4.78 is 5.69. The standard InChI is InChI=1S/C21H21N3O2/c1-15(23-16(2)25)14-17-8-10-18(11-9-17)20-12-13-22-21(24-20)26-19-6-4-3-5-7-19/h3-13,15H,14H2,1-2H3,(H,23,25). The average Bonchev–Trinajstić information content (AvgIpc) is 2.63. The van der Waals surface area contributed by atoms with Gasteiger partial charge in [0, 0.05) is 24.7 Å². The van der Waals surface area contributed by atoms with E-state index in [9.17, 15) is 4.79 Å². The third-order valence-electron chi connectivity index (χ3n) is 3.83. The zero-order valence-electron chi connectivity index (χ0n) is 14.8. The monoisotopic (exact) mass is 347 g/mol. The molecular formula is C21H21N3O2. The zero-order valence-corrected chi connectivity index (χ0v) is 14.8. The third-order valence-corrected chi connectivity index (χ3v) is 3.83. The molecule has 1 atom stereocenters. The Bertz CT molecular complexity index is 864. The van der Waals surface area contributed by atoms with Gasteiger partial charge in [-0.2, -0.15) is 4.98 Å². The van der Waals surface area contributed by atoms with Gasteiger partial charge >= 0.3 is 6.01 Å². The van der Waals surface area contributed by atoms with Gasteiger partial charge in [-0.05, 0) is 37.1 Å². The fraction of sp³-hybridized carbons (Fsp3) is 0.190. The second-order valence-electron chi connectivity index (χ2n) is 6.14. The average molecular weight is 347 g/mol. The van der Waals surface area contributed by atoms with Gasteiger partial charge in [0.25, 0.3) is 0 Å². The Morgan fingerprint density at radius 1 is 1.08 bits per heavy atom. The molecule has 3 aromatic rings. The fourth-order valence-corrected chi connectivity index (χ4v) is 2.71. The molecule has 0 bridgehead atoms. The smallest absolute Gasteiger partial charge is 0.322 e. The van der Waals surface area contributed by atoms with Crippen LogP contribution in [0.2, 0.25) is 0 Å². The first-order valence-electron chi connectivity index (χ1n) is 8.52. The molecule has 0 aliphatic heterocycles. The lowest BCUT2D eigenvalue weighted by molar-refractivity contribution is -0.119. The molecule has 1 amide bonds. The first kappa shape index (κ1) is 17.6. The van der Waals surface area contributed by atoms with Crippen molar-refractivity contribution in [2.75, 3.05) is 0 Å². The highest BCUT2D eigenvalue weighted by Gasteiger charge is 2.07. The van der Waals surface area contributed by atoms with Crippen LogP contribution in [-0.2, 0) is 11.2 Å². The quantitative estimate of drug-likeness (QED) is 0.732. The van der Waals surface area contributed by atoms with E-state index in [2.05, 4.69) is 15.3 Å². The Labute approximate surface area is 153 Å². The van der Waals surface area contributed by atoms with E-state index < -0.39 is 0 Å². The maximum atomic E-state index is 11.1. The van der Waals surface area contributed by atoms with Gasteiger partial charge in [0.05, 0.1) is 5.69 Å². The van der Waals surface area contributed by atoms with Crippen LogP contribution in [0.3, 0.4) is 0 Å². The van der Waals surface area contributed by atoms with E-state index in [0.717, 1.165) is 23.2 Å². The van der Waals surface area contributed by atoms with Crippen LogP contribution >= 0.6 is 0 Å². The van der Waals surface area contributed by atoms with Gasteiger partial charge in [-0.3, -0.25) is 4.79 Å². The van der Waals surface area contributed by atoms with E-state index in [0.29, 0.717) is 11.8 Å². The van der Waals surface area contributed by atoms with Crippen molar-refractivity contribution in [1.29, 1.82) is 0 Å². The van der Waals surface area contributed by atoms with Gasteiger partial charge in [0.2, 0.25) is 5.91 Å². The second-order valence-corrected chi connectivity index (χ2v) is 6.14. The molecule has 132 valence electrons. The molecule has 5 nitrogen and oxygen atoms in total. The van der Waals surface area contributed by atoms with Crippen LogP contribution in [0.1, 0.15) is 19.4 Å². The van der Waals surface area contributed by atoms with Crippen molar-refractivity contribution in [2.24, 2.45) is 0 Å². The van der Waals surface area contributed by atoms with Crippen molar-refractivity contribution >= 4 is 5.91 Å². The number of ether oxygens (including phenoxy) is 1. The van der Waals surface area contributed by atoms with Crippen molar-refractivity contribution in [3.8, 4) is 23.0 Å². The summed E-state index contributed by atoms with van der Waals surface area (Å²) in [5.41, 5.74) is 2.94. The Morgan fingerprint density at radius 2 is 1.81 bits per heavy atom. The Hall–Kier alpha value is -3.21. The number of benzene rings is 2. The maximum Gasteiger partial charge on any atom is 0.322 e. The summed E-state index contributed by atoms with van der Waals surface area (Å²) in [5, 5.41) is 2.89. The minimum absolute atomic E-state index is 0.0129. The Balaban J connectivity index is 1.71. The van der Waals surface area contributed by atoms with E-state index >= 15 is 0 Å². The number of rotatable bonds is 6. The van der Waals surface area contributed by atoms with Gasteiger partial charge in [-0.15, -0.1) is 0 Å². The molecule has 0 fully saturated rings. The Kier molecular flexibility index (Phi) is 5.59. The summed E-state index contributed by atoms with van der Waals surface area (Å²) in [6, 6.07) is 19.9. The molecule has 0 spiro atoms. The molecule has 1 heterocycles. The van der Waals surface area contributed by atoms with E-state index in [4.69, 9.17) is 4.74 Å². The molecule has 0 radical (unpaired) electrons. The normalized spacial score (nSPS) is 11.6. The molecule has 26 heavy (non-hydrogen) atoms. The minimum atomic E-state index is -0.0129. The molecule has 1 N–H and O–H groups in total. The summed E-state index contributed by atoms with van der Waals surface area (Å²) in [5.74, 6) is 0.688. The topological polar surface area (TPSA) is 64.1 Å². The third kappa shape index (κ3) is 4.89. The second kappa shape index (κ2) is 8.25. The molecule has 3 rings (SSSR count). The molecule has 1 aromatic heterocycles. The summed E-state index contributed by atoms with van der Waals surface area (Å²) in [4.78, 5) is 19.8. The number of amides is 1. The summed E-state index contributed by atoms with van der Waals surface area (Å²) in [6.07, 6.45) is 2.47. The van der Waals surface area contributed by atoms with Crippen LogP contribution in [0.25, 0.3) is 11.3 Å². The first-order valence-corrected chi connectivity index (χ1v) is 8.52. The van der Waals surface area contributed by atoms with Gasteiger partial charge < -0.3 is 10.1 Å².